The Hall–Kier alpha value is -2.61. The van der Waals surface area contributed by atoms with Gasteiger partial charge < -0.3 is 10.1 Å². The topological polar surface area (TPSA) is 88.6 Å². The molecule has 0 aliphatic carbocycles. The third-order valence-electron chi connectivity index (χ3n) is 3.80. The summed E-state index contributed by atoms with van der Waals surface area (Å²) in [5.74, 6) is 0.189. The molecule has 2 heterocycles. The Balaban J connectivity index is 1.79. The quantitative estimate of drug-likeness (QED) is 0.909. The van der Waals surface area contributed by atoms with Crippen molar-refractivity contribution in [3.63, 3.8) is 0 Å². The highest BCUT2D eigenvalue weighted by Crippen LogP contribution is 2.30. The number of amides is 1. The van der Waals surface area contributed by atoms with Crippen molar-refractivity contribution in [2.45, 2.75) is 6.42 Å². The number of hydrogen-bond acceptors (Lipinski definition) is 5. The van der Waals surface area contributed by atoms with Crippen LogP contribution in [0, 0.1) is 0 Å². The summed E-state index contributed by atoms with van der Waals surface area (Å²) in [5.41, 5.74) is 2.51. The predicted octanol–water partition coefficient (Wildman–Crippen LogP) is 1.66. The number of carbonyl (C=O) groups is 1. The summed E-state index contributed by atoms with van der Waals surface area (Å²) in [4.78, 5) is 16.4. The van der Waals surface area contributed by atoms with Crippen LogP contribution in [-0.4, -0.2) is 39.2 Å². The second kappa shape index (κ2) is 6.12. The molecule has 1 N–H and O–H groups in total. The van der Waals surface area contributed by atoms with E-state index in [0.717, 1.165) is 5.56 Å². The van der Waals surface area contributed by atoms with Crippen molar-refractivity contribution < 1.29 is 17.9 Å². The molecule has 8 heteroatoms. The second-order valence-electron chi connectivity index (χ2n) is 5.47. The number of methoxy groups -OCH3 is 1. The lowest BCUT2D eigenvalue weighted by molar-refractivity contribution is 0.102. The lowest BCUT2D eigenvalue weighted by Crippen LogP contribution is -2.27. The zero-order valence-corrected chi connectivity index (χ0v) is 14.1. The molecule has 0 saturated carbocycles. The van der Waals surface area contributed by atoms with Gasteiger partial charge in [0.1, 0.15) is 0 Å². The van der Waals surface area contributed by atoms with E-state index in [2.05, 4.69) is 10.3 Å². The van der Waals surface area contributed by atoms with Crippen LogP contribution < -0.4 is 14.4 Å². The fourth-order valence-electron chi connectivity index (χ4n) is 2.64. The molecule has 0 unspecified atom stereocenters. The van der Waals surface area contributed by atoms with Gasteiger partial charge in [0.25, 0.3) is 5.91 Å². The molecule has 0 spiro atoms. The van der Waals surface area contributed by atoms with E-state index in [1.165, 1.54) is 23.9 Å². The lowest BCUT2D eigenvalue weighted by atomic mass is 10.1. The Morgan fingerprint density at radius 1 is 1.29 bits per heavy atom. The molecule has 7 nitrogen and oxygen atoms in total. The number of benzene rings is 1. The molecular formula is C16H17N3O4S. The van der Waals surface area contributed by atoms with Gasteiger partial charge in [0, 0.05) is 18.2 Å². The Kier molecular flexibility index (Phi) is 4.15. The number of carbonyl (C=O) groups excluding carboxylic acids is 1. The maximum atomic E-state index is 12.3. The monoisotopic (exact) mass is 347 g/mol. The molecule has 0 radical (unpaired) electrons. The largest absolute Gasteiger partial charge is 0.481 e. The van der Waals surface area contributed by atoms with Gasteiger partial charge in [0.2, 0.25) is 15.9 Å². The minimum absolute atomic E-state index is 0.275. The van der Waals surface area contributed by atoms with Crippen molar-refractivity contribution in [1.29, 1.82) is 0 Å². The van der Waals surface area contributed by atoms with E-state index in [0.29, 0.717) is 35.8 Å². The highest BCUT2D eigenvalue weighted by Gasteiger charge is 2.26. The van der Waals surface area contributed by atoms with E-state index in [1.807, 2.05) is 0 Å². The first-order valence-corrected chi connectivity index (χ1v) is 9.15. The normalized spacial score (nSPS) is 13.5. The first-order valence-electron chi connectivity index (χ1n) is 7.30. The van der Waals surface area contributed by atoms with Gasteiger partial charge in [-0.1, -0.05) is 0 Å². The summed E-state index contributed by atoms with van der Waals surface area (Å²) in [7, 11) is -1.77. The van der Waals surface area contributed by atoms with E-state index in [9.17, 15) is 13.2 Å². The maximum absolute atomic E-state index is 12.3. The van der Waals surface area contributed by atoms with E-state index < -0.39 is 10.0 Å². The summed E-state index contributed by atoms with van der Waals surface area (Å²) in [6.45, 7) is 0.404. The van der Waals surface area contributed by atoms with Gasteiger partial charge in [-0.05, 0) is 36.2 Å². The smallest absolute Gasteiger partial charge is 0.255 e. The SMILES string of the molecule is COc1ccc(NC(=O)c2ccc3c(c2)CCN3S(C)(=O)=O)cn1. The Morgan fingerprint density at radius 3 is 2.71 bits per heavy atom. The van der Waals surface area contributed by atoms with Gasteiger partial charge >= 0.3 is 0 Å². The molecule has 3 rings (SSSR count). The standard InChI is InChI=1S/C16H17N3O4S/c1-23-15-6-4-13(10-17-15)18-16(20)12-3-5-14-11(9-12)7-8-19(14)24(2,21)22/h3-6,9-10H,7-8H2,1-2H3,(H,18,20). The van der Waals surface area contributed by atoms with Crippen molar-refractivity contribution in [2.24, 2.45) is 0 Å². The molecule has 0 fully saturated rings. The fourth-order valence-corrected chi connectivity index (χ4v) is 3.59. The molecular weight excluding hydrogens is 330 g/mol. The average molecular weight is 347 g/mol. The molecule has 2 aromatic rings. The third-order valence-corrected chi connectivity index (χ3v) is 4.98. The molecule has 0 atom stereocenters. The number of hydrogen-bond donors (Lipinski definition) is 1. The minimum atomic E-state index is -3.29. The highest BCUT2D eigenvalue weighted by molar-refractivity contribution is 7.92. The van der Waals surface area contributed by atoms with Crippen LogP contribution in [0.5, 0.6) is 5.88 Å². The van der Waals surface area contributed by atoms with Gasteiger partial charge in [-0.15, -0.1) is 0 Å². The van der Waals surface area contributed by atoms with Crippen molar-refractivity contribution in [1.82, 2.24) is 4.98 Å². The predicted molar refractivity (Wildman–Crippen MR) is 91.1 cm³/mol. The van der Waals surface area contributed by atoms with Crippen LogP contribution in [-0.2, 0) is 16.4 Å². The average Bonchev–Trinajstić information content (AvgIpc) is 2.98. The first-order chi connectivity index (χ1) is 11.4. The number of rotatable bonds is 4. The Bertz CT molecular complexity index is 879. The number of anilines is 2. The third kappa shape index (κ3) is 3.18. The van der Waals surface area contributed by atoms with E-state index in [4.69, 9.17) is 4.74 Å². The van der Waals surface area contributed by atoms with Crippen LogP contribution in [0.25, 0.3) is 0 Å². The number of nitrogens with one attached hydrogen (secondary N) is 1. The number of aromatic nitrogens is 1. The Labute approximate surface area is 140 Å². The molecule has 0 saturated heterocycles. The fraction of sp³-hybridized carbons (Fsp3) is 0.250. The van der Waals surface area contributed by atoms with Crippen LogP contribution in [0.2, 0.25) is 0 Å². The van der Waals surface area contributed by atoms with E-state index >= 15 is 0 Å². The van der Waals surface area contributed by atoms with Gasteiger partial charge in [0.15, 0.2) is 0 Å². The number of ether oxygens (including phenoxy) is 1. The highest BCUT2D eigenvalue weighted by atomic mass is 32.2. The van der Waals surface area contributed by atoms with Crippen molar-refractivity contribution in [3.05, 3.63) is 47.7 Å². The van der Waals surface area contributed by atoms with Crippen molar-refractivity contribution in [2.75, 3.05) is 29.5 Å². The molecule has 0 bridgehead atoms. The molecule has 24 heavy (non-hydrogen) atoms. The maximum Gasteiger partial charge on any atom is 0.255 e. The molecule has 1 aliphatic rings. The molecule has 1 amide bonds. The molecule has 1 aromatic carbocycles. The summed E-state index contributed by atoms with van der Waals surface area (Å²) in [6.07, 6.45) is 3.28. The number of sulfonamides is 1. The summed E-state index contributed by atoms with van der Waals surface area (Å²) in [5, 5.41) is 2.75. The number of fused-ring (bicyclic) bond motifs is 1. The van der Waals surface area contributed by atoms with Crippen LogP contribution >= 0.6 is 0 Å². The van der Waals surface area contributed by atoms with Crippen LogP contribution in [0.4, 0.5) is 11.4 Å². The summed E-state index contributed by atoms with van der Waals surface area (Å²) < 4.78 is 29.8. The molecule has 126 valence electrons. The number of pyridine rings is 1. The van der Waals surface area contributed by atoms with E-state index in [-0.39, 0.29) is 5.91 Å². The van der Waals surface area contributed by atoms with Gasteiger partial charge in [-0.25, -0.2) is 13.4 Å². The second-order valence-corrected chi connectivity index (χ2v) is 7.38. The Morgan fingerprint density at radius 2 is 2.08 bits per heavy atom. The summed E-state index contributed by atoms with van der Waals surface area (Å²) in [6, 6.07) is 8.37. The van der Waals surface area contributed by atoms with E-state index in [1.54, 1.807) is 30.3 Å². The van der Waals surface area contributed by atoms with Crippen LogP contribution in [0.1, 0.15) is 15.9 Å². The lowest BCUT2D eigenvalue weighted by Gasteiger charge is -2.16. The van der Waals surface area contributed by atoms with Crippen molar-refractivity contribution in [3.8, 4) is 5.88 Å². The summed E-state index contributed by atoms with van der Waals surface area (Å²) >= 11 is 0. The first kappa shape index (κ1) is 16.3. The molecule has 1 aromatic heterocycles. The van der Waals surface area contributed by atoms with Gasteiger partial charge in [-0.3, -0.25) is 9.10 Å². The molecule has 1 aliphatic heterocycles. The van der Waals surface area contributed by atoms with Crippen molar-refractivity contribution >= 4 is 27.3 Å². The minimum Gasteiger partial charge on any atom is -0.481 e. The zero-order chi connectivity index (χ0) is 17.3. The van der Waals surface area contributed by atoms with Gasteiger partial charge in [0.05, 0.1) is 30.9 Å². The van der Waals surface area contributed by atoms with Crippen LogP contribution in [0.3, 0.4) is 0 Å². The number of nitrogens with zero attached hydrogens (tertiary/aromatic N) is 2. The zero-order valence-electron chi connectivity index (χ0n) is 13.3. The van der Waals surface area contributed by atoms with Gasteiger partial charge in [-0.2, -0.15) is 0 Å². The van der Waals surface area contributed by atoms with Crippen LogP contribution in [0.15, 0.2) is 36.5 Å².